The van der Waals surface area contributed by atoms with E-state index in [1.807, 2.05) is 0 Å². The van der Waals surface area contributed by atoms with Gasteiger partial charge < -0.3 is 10.1 Å². The molecule has 2 nitrogen and oxygen atoms in total. The van der Waals surface area contributed by atoms with Gasteiger partial charge in [-0.2, -0.15) is 0 Å². The molecule has 0 amide bonds. The number of hydrogen-bond donors (Lipinski definition) is 1. The minimum atomic E-state index is 0.824. The Bertz CT molecular complexity index is 244. The SMILES string of the molecule is CCCCCCC(C)CCCCOCCCCNCC(C)CCCC. The van der Waals surface area contributed by atoms with Crippen molar-refractivity contribution in [2.24, 2.45) is 11.8 Å². The van der Waals surface area contributed by atoms with Crippen molar-refractivity contribution in [1.82, 2.24) is 5.32 Å². The van der Waals surface area contributed by atoms with Crippen molar-refractivity contribution in [3.05, 3.63) is 0 Å². The second kappa shape index (κ2) is 20.2. The highest BCUT2D eigenvalue weighted by atomic mass is 16.5. The van der Waals surface area contributed by atoms with Crippen LogP contribution < -0.4 is 5.32 Å². The second-order valence-corrected chi connectivity index (χ2v) is 8.22. The van der Waals surface area contributed by atoms with E-state index in [4.69, 9.17) is 4.74 Å². The largest absolute Gasteiger partial charge is 0.381 e. The smallest absolute Gasteiger partial charge is 0.0466 e. The summed E-state index contributed by atoms with van der Waals surface area (Å²) < 4.78 is 5.78. The lowest BCUT2D eigenvalue weighted by Gasteiger charge is -2.12. The van der Waals surface area contributed by atoms with Gasteiger partial charge >= 0.3 is 0 Å². The van der Waals surface area contributed by atoms with Crippen LogP contribution >= 0.6 is 0 Å². The Labute approximate surface area is 159 Å². The molecule has 0 aliphatic heterocycles. The summed E-state index contributed by atoms with van der Waals surface area (Å²) in [5.41, 5.74) is 0. The topological polar surface area (TPSA) is 21.3 Å². The summed E-state index contributed by atoms with van der Waals surface area (Å²) >= 11 is 0. The molecular weight excluding hydrogens is 306 g/mol. The van der Waals surface area contributed by atoms with Crippen LogP contribution in [-0.2, 0) is 4.74 Å². The van der Waals surface area contributed by atoms with E-state index in [0.29, 0.717) is 0 Å². The first kappa shape index (κ1) is 24.9. The molecule has 0 aromatic heterocycles. The maximum atomic E-state index is 5.78. The van der Waals surface area contributed by atoms with Gasteiger partial charge in [-0.25, -0.2) is 0 Å². The molecule has 2 atom stereocenters. The normalized spacial score (nSPS) is 13.9. The van der Waals surface area contributed by atoms with E-state index < -0.39 is 0 Å². The zero-order valence-corrected chi connectivity index (χ0v) is 18.1. The van der Waals surface area contributed by atoms with Crippen LogP contribution in [0.5, 0.6) is 0 Å². The van der Waals surface area contributed by atoms with Gasteiger partial charge in [0.05, 0.1) is 0 Å². The average molecular weight is 356 g/mol. The van der Waals surface area contributed by atoms with Gasteiger partial charge in [-0.05, 0) is 50.6 Å². The van der Waals surface area contributed by atoms with Gasteiger partial charge in [-0.1, -0.05) is 85.5 Å². The molecule has 0 rings (SSSR count). The van der Waals surface area contributed by atoms with Crippen LogP contribution in [0, 0.1) is 11.8 Å². The van der Waals surface area contributed by atoms with E-state index in [-0.39, 0.29) is 0 Å². The van der Waals surface area contributed by atoms with E-state index in [2.05, 4.69) is 33.0 Å². The number of ether oxygens (including phenoxy) is 1. The molecule has 0 heterocycles. The van der Waals surface area contributed by atoms with Gasteiger partial charge in [0.15, 0.2) is 0 Å². The molecule has 0 aliphatic carbocycles. The monoisotopic (exact) mass is 355 g/mol. The maximum absolute atomic E-state index is 5.78. The minimum absolute atomic E-state index is 0.824. The van der Waals surface area contributed by atoms with Gasteiger partial charge in [0.25, 0.3) is 0 Å². The molecule has 0 saturated heterocycles. The van der Waals surface area contributed by atoms with Crippen molar-refractivity contribution in [3.8, 4) is 0 Å². The summed E-state index contributed by atoms with van der Waals surface area (Å²) in [5, 5.41) is 3.59. The molecular formula is C23H49NO. The van der Waals surface area contributed by atoms with Crippen molar-refractivity contribution < 1.29 is 4.74 Å². The van der Waals surface area contributed by atoms with Gasteiger partial charge in [0.2, 0.25) is 0 Å². The first-order chi connectivity index (χ1) is 12.2. The fourth-order valence-corrected chi connectivity index (χ4v) is 3.32. The Morgan fingerprint density at radius 2 is 1.24 bits per heavy atom. The van der Waals surface area contributed by atoms with E-state index in [1.54, 1.807) is 0 Å². The summed E-state index contributed by atoms with van der Waals surface area (Å²) in [5.74, 6) is 1.73. The Kier molecular flexibility index (Phi) is 20.2. The molecule has 0 aliphatic rings. The number of nitrogens with one attached hydrogen (secondary N) is 1. The summed E-state index contributed by atoms with van der Waals surface area (Å²) in [6.07, 6.45) is 17.5. The lowest BCUT2D eigenvalue weighted by molar-refractivity contribution is 0.125. The zero-order valence-electron chi connectivity index (χ0n) is 18.1. The minimum Gasteiger partial charge on any atom is -0.381 e. The summed E-state index contributed by atoms with van der Waals surface area (Å²) in [6.45, 7) is 13.6. The molecule has 0 fully saturated rings. The summed E-state index contributed by atoms with van der Waals surface area (Å²) in [4.78, 5) is 0. The Morgan fingerprint density at radius 3 is 1.92 bits per heavy atom. The fraction of sp³-hybridized carbons (Fsp3) is 1.00. The fourth-order valence-electron chi connectivity index (χ4n) is 3.32. The Morgan fingerprint density at radius 1 is 0.640 bits per heavy atom. The third kappa shape index (κ3) is 20.1. The first-order valence-corrected chi connectivity index (χ1v) is 11.5. The second-order valence-electron chi connectivity index (χ2n) is 8.22. The average Bonchev–Trinajstić information content (AvgIpc) is 2.61. The molecule has 0 radical (unpaired) electrons. The van der Waals surface area contributed by atoms with Crippen LogP contribution in [0.15, 0.2) is 0 Å². The Balaban J connectivity index is 3.16. The lowest BCUT2D eigenvalue weighted by Crippen LogP contribution is -2.22. The summed E-state index contributed by atoms with van der Waals surface area (Å²) in [6, 6.07) is 0. The molecule has 152 valence electrons. The van der Waals surface area contributed by atoms with Crippen LogP contribution in [0.2, 0.25) is 0 Å². The van der Waals surface area contributed by atoms with Crippen molar-refractivity contribution in [1.29, 1.82) is 0 Å². The molecule has 0 aromatic carbocycles. The van der Waals surface area contributed by atoms with Gasteiger partial charge in [0, 0.05) is 13.2 Å². The van der Waals surface area contributed by atoms with Crippen LogP contribution in [0.4, 0.5) is 0 Å². The third-order valence-corrected chi connectivity index (χ3v) is 5.22. The van der Waals surface area contributed by atoms with E-state index >= 15 is 0 Å². The quantitative estimate of drug-likeness (QED) is 0.238. The van der Waals surface area contributed by atoms with Crippen LogP contribution in [-0.4, -0.2) is 26.3 Å². The molecule has 0 spiro atoms. The van der Waals surface area contributed by atoms with Gasteiger partial charge in [-0.3, -0.25) is 0 Å². The predicted molar refractivity (Wildman–Crippen MR) is 113 cm³/mol. The van der Waals surface area contributed by atoms with Crippen molar-refractivity contribution in [2.45, 2.75) is 111 Å². The lowest BCUT2D eigenvalue weighted by atomic mass is 9.97. The van der Waals surface area contributed by atoms with Crippen LogP contribution in [0.3, 0.4) is 0 Å². The van der Waals surface area contributed by atoms with Crippen molar-refractivity contribution in [3.63, 3.8) is 0 Å². The zero-order chi connectivity index (χ0) is 18.6. The van der Waals surface area contributed by atoms with E-state index in [9.17, 15) is 0 Å². The summed E-state index contributed by atoms with van der Waals surface area (Å²) in [7, 11) is 0. The molecule has 0 bridgehead atoms. The molecule has 25 heavy (non-hydrogen) atoms. The maximum Gasteiger partial charge on any atom is 0.0466 e. The highest BCUT2D eigenvalue weighted by Crippen LogP contribution is 2.16. The molecule has 1 N–H and O–H groups in total. The number of hydrogen-bond acceptors (Lipinski definition) is 2. The predicted octanol–water partition coefficient (Wildman–Crippen LogP) is 6.98. The van der Waals surface area contributed by atoms with Crippen LogP contribution in [0.25, 0.3) is 0 Å². The highest BCUT2D eigenvalue weighted by Gasteiger charge is 2.02. The first-order valence-electron chi connectivity index (χ1n) is 11.5. The molecule has 0 saturated carbocycles. The number of unbranched alkanes of at least 4 members (excludes halogenated alkanes) is 6. The molecule has 2 unspecified atom stereocenters. The van der Waals surface area contributed by atoms with E-state index in [0.717, 1.165) is 31.6 Å². The third-order valence-electron chi connectivity index (χ3n) is 5.22. The molecule has 2 heteroatoms. The van der Waals surface area contributed by atoms with Crippen molar-refractivity contribution >= 4 is 0 Å². The van der Waals surface area contributed by atoms with Crippen molar-refractivity contribution in [2.75, 3.05) is 26.3 Å². The highest BCUT2D eigenvalue weighted by molar-refractivity contribution is 4.57. The number of rotatable bonds is 20. The van der Waals surface area contributed by atoms with Gasteiger partial charge in [0.1, 0.15) is 0 Å². The Hall–Kier alpha value is -0.0800. The van der Waals surface area contributed by atoms with E-state index in [1.165, 1.54) is 90.0 Å². The van der Waals surface area contributed by atoms with Gasteiger partial charge in [-0.15, -0.1) is 0 Å². The van der Waals surface area contributed by atoms with Crippen LogP contribution in [0.1, 0.15) is 111 Å². The molecule has 0 aromatic rings. The standard InChI is InChI=1S/C23H49NO/c1-5-7-9-10-16-22(3)17-11-13-19-25-20-14-12-18-24-21-23(4)15-8-6-2/h22-24H,5-21H2,1-4H3.